The molecule has 0 unspecified atom stereocenters. The number of hydrogen-bond donors (Lipinski definition) is 0. The smallest absolute Gasteiger partial charge is 0.353 e. The predicted molar refractivity (Wildman–Crippen MR) is 91.5 cm³/mol. The van der Waals surface area contributed by atoms with E-state index in [1.54, 1.807) is 17.0 Å². The summed E-state index contributed by atoms with van der Waals surface area (Å²) >= 11 is 3.37. The lowest BCUT2D eigenvalue weighted by atomic mass is 10.2. The Morgan fingerprint density at radius 3 is 2.28 bits per heavy atom. The molecular weight excluding hydrogens is 399 g/mol. The molecule has 1 saturated heterocycles. The van der Waals surface area contributed by atoms with Crippen molar-refractivity contribution in [2.45, 2.75) is 6.18 Å². The fourth-order valence-electron chi connectivity index (χ4n) is 2.68. The van der Waals surface area contributed by atoms with Crippen LogP contribution in [-0.2, 0) is 6.18 Å². The van der Waals surface area contributed by atoms with E-state index in [0.717, 1.165) is 16.7 Å². The summed E-state index contributed by atoms with van der Waals surface area (Å²) in [5, 5.41) is 0. The Labute approximate surface area is 151 Å². The molecule has 3 rings (SSSR count). The Balaban J connectivity index is 1.64. The van der Waals surface area contributed by atoms with E-state index in [1.165, 1.54) is 6.07 Å². The van der Waals surface area contributed by atoms with Gasteiger partial charge in [-0.3, -0.25) is 4.79 Å². The minimum absolute atomic E-state index is 0.0625. The van der Waals surface area contributed by atoms with E-state index in [2.05, 4.69) is 20.9 Å². The number of piperazine rings is 1. The molecule has 1 amide bonds. The van der Waals surface area contributed by atoms with Crippen LogP contribution in [0, 0.1) is 0 Å². The van der Waals surface area contributed by atoms with Gasteiger partial charge in [-0.15, -0.1) is 0 Å². The molecule has 1 aromatic carbocycles. The van der Waals surface area contributed by atoms with Crippen LogP contribution in [0.15, 0.2) is 47.1 Å². The fourth-order valence-corrected chi connectivity index (χ4v) is 3.14. The first kappa shape index (κ1) is 17.7. The fraction of sp³-hybridized carbons (Fsp3) is 0.294. The zero-order chi connectivity index (χ0) is 18.0. The van der Waals surface area contributed by atoms with Crippen LogP contribution in [0.3, 0.4) is 0 Å². The van der Waals surface area contributed by atoms with Crippen LogP contribution >= 0.6 is 15.9 Å². The Morgan fingerprint density at radius 2 is 1.72 bits per heavy atom. The third-order valence-electron chi connectivity index (χ3n) is 4.07. The summed E-state index contributed by atoms with van der Waals surface area (Å²) < 4.78 is 38.5. The van der Waals surface area contributed by atoms with Crippen molar-refractivity contribution in [3.8, 4) is 0 Å². The average molecular weight is 414 g/mol. The summed E-state index contributed by atoms with van der Waals surface area (Å²) in [5.74, 6) is 0.425. The highest BCUT2D eigenvalue weighted by Crippen LogP contribution is 2.29. The van der Waals surface area contributed by atoms with Crippen LogP contribution in [0.5, 0.6) is 0 Å². The molecule has 25 heavy (non-hydrogen) atoms. The molecular formula is C17H15BrF3N3O. The van der Waals surface area contributed by atoms with E-state index in [0.29, 0.717) is 37.6 Å². The molecule has 0 radical (unpaired) electrons. The quantitative estimate of drug-likeness (QED) is 0.750. The van der Waals surface area contributed by atoms with Crippen molar-refractivity contribution in [3.05, 3.63) is 58.2 Å². The molecule has 1 aliphatic heterocycles. The highest BCUT2D eigenvalue weighted by atomic mass is 79.9. The lowest BCUT2D eigenvalue weighted by Crippen LogP contribution is -2.49. The van der Waals surface area contributed by atoms with Gasteiger partial charge in [0.25, 0.3) is 5.91 Å². The van der Waals surface area contributed by atoms with Gasteiger partial charge in [0.05, 0.1) is 11.1 Å². The summed E-state index contributed by atoms with van der Waals surface area (Å²) in [7, 11) is 0. The number of anilines is 1. The van der Waals surface area contributed by atoms with E-state index in [1.807, 2.05) is 17.0 Å². The van der Waals surface area contributed by atoms with Crippen LogP contribution in [0.2, 0.25) is 0 Å². The van der Waals surface area contributed by atoms with Gasteiger partial charge >= 0.3 is 6.18 Å². The number of nitrogens with zero attached hydrogens (tertiary/aromatic N) is 3. The van der Waals surface area contributed by atoms with Crippen LogP contribution in [-0.4, -0.2) is 42.0 Å². The lowest BCUT2D eigenvalue weighted by molar-refractivity contribution is -0.137. The van der Waals surface area contributed by atoms with Gasteiger partial charge in [0, 0.05) is 36.8 Å². The molecule has 0 spiro atoms. The molecule has 2 heterocycles. The van der Waals surface area contributed by atoms with Crippen molar-refractivity contribution in [2.24, 2.45) is 0 Å². The Morgan fingerprint density at radius 1 is 1.04 bits per heavy atom. The van der Waals surface area contributed by atoms with Gasteiger partial charge in [-0.05, 0) is 40.2 Å². The van der Waals surface area contributed by atoms with Crippen molar-refractivity contribution in [3.63, 3.8) is 0 Å². The van der Waals surface area contributed by atoms with Gasteiger partial charge in [-0.2, -0.15) is 13.2 Å². The third-order valence-corrected chi connectivity index (χ3v) is 4.76. The van der Waals surface area contributed by atoms with Gasteiger partial charge in [-0.1, -0.05) is 12.1 Å². The van der Waals surface area contributed by atoms with Crippen molar-refractivity contribution >= 4 is 27.7 Å². The summed E-state index contributed by atoms with van der Waals surface area (Å²) in [6, 6.07) is 9.62. The molecule has 0 saturated carbocycles. The van der Waals surface area contributed by atoms with Crippen molar-refractivity contribution in [1.82, 2.24) is 9.88 Å². The first-order valence-corrected chi connectivity index (χ1v) is 8.47. The molecule has 1 aromatic heterocycles. The highest BCUT2D eigenvalue weighted by Gasteiger charge is 2.31. The van der Waals surface area contributed by atoms with E-state index < -0.39 is 11.7 Å². The maximum atomic E-state index is 12.6. The number of pyridine rings is 1. The van der Waals surface area contributed by atoms with E-state index in [4.69, 9.17) is 0 Å². The molecule has 1 aliphatic rings. The largest absolute Gasteiger partial charge is 0.417 e. The van der Waals surface area contributed by atoms with E-state index >= 15 is 0 Å². The number of carbonyl (C=O) groups is 1. The summed E-state index contributed by atoms with van der Waals surface area (Å²) in [4.78, 5) is 20.1. The molecule has 4 nitrogen and oxygen atoms in total. The molecule has 132 valence electrons. The zero-order valence-electron chi connectivity index (χ0n) is 13.1. The summed E-state index contributed by atoms with van der Waals surface area (Å²) in [6.07, 6.45) is -3.55. The monoisotopic (exact) mass is 413 g/mol. The van der Waals surface area contributed by atoms with Gasteiger partial charge in [0.15, 0.2) is 0 Å². The number of rotatable bonds is 2. The predicted octanol–water partition coefficient (Wildman–Crippen LogP) is 3.83. The van der Waals surface area contributed by atoms with Crippen LogP contribution in [0.25, 0.3) is 0 Å². The summed E-state index contributed by atoms with van der Waals surface area (Å²) in [5.41, 5.74) is -0.164. The number of hydrogen-bond acceptors (Lipinski definition) is 3. The Kier molecular flexibility index (Phi) is 4.99. The van der Waals surface area contributed by atoms with Gasteiger partial charge in [0.2, 0.25) is 0 Å². The second kappa shape index (κ2) is 7.03. The molecule has 0 aliphatic carbocycles. The normalized spacial score (nSPS) is 15.4. The second-order valence-electron chi connectivity index (χ2n) is 5.66. The number of alkyl halides is 3. The minimum atomic E-state index is -4.39. The number of amides is 1. The van der Waals surface area contributed by atoms with Crippen molar-refractivity contribution in [2.75, 3.05) is 31.1 Å². The minimum Gasteiger partial charge on any atom is -0.353 e. The number of benzene rings is 1. The molecule has 2 aromatic rings. The number of halogens is 4. The maximum absolute atomic E-state index is 12.6. The maximum Gasteiger partial charge on any atom is 0.417 e. The first-order chi connectivity index (χ1) is 11.9. The molecule has 0 N–H and O–H groups in total. The first-order valence-electron chi connectivity index (χ1n) is 7.68. The van der Waals surface area contributed by atoms with Crippen LogP contribution in [0.1, 0.15) is 15.9 Å². The Bertz CT molecular complexity index is 756. The van der Waals surface area contributed by atoms with E-state index in [-0.39, 0.29) is 5.91 Å². The van der Waals surface area contributed by atoms with Crippen molar-refractivity contribution in [1.29, 1.82) is 0 Å². The van der Waals surface area contributed by atoms with Gasteiger partial charge in [0.1, 0.15) is 5.82 Å². The second-order valence-corrected chi connectivity index (χ2v) is 6.52. The average Bonchev–Trinajstić information content (AvgIpc) is 2.61. The zero-order valence-corrected chi connectivity index (χ0v) is 14.7. The number of aromatic nitrogens is 1. The topological polar surface area (TPSA) is 36.4 Å². The molecule has 8 heteroatoms. The summed E-state index contributed by atoms with van der Waals surface area (Å²) in [6.45, 7) is 2.02. The van der Waals surface area contributed by atoms with Crippen LogP contribution in [0.4, 0.5) is 19.0 Å². The third kappa shape index (κ3) is 3.95. The lowest BCUT2D eigenvalue weighted by Gasteiger charge is -2.35. The van der Waals surface area contributed by atoms with Crippen LogP contribution < -0.4 is 4.90 Å². The van der Waals surface area contributed by atoms with Crippen molar-refractivity contribution < 1.29 is 18.0 Å². The SMILES string of the molecule is O=C(c1ccccc1Br)N1CCN(c2ccc(C(F)(F)F)cn2)CC1. The standard InChI is InChI=1S/C17H15BrF3N3O/c18-14-4-2-1-3-13(14)16(25)24-9-7-23(8-10-24)15-6-5-12(11-22-15)17(19,20)21/h1-6,11H,7-10H2. The molecule has 0 atom stereocenters. The highest BCUT2D eigenvalue weighted by molar-refractivity contribution is 9.10. The van der Waals surface area contributed by atoms with Gasteiger partial charge < -0.3 is 9.80 Å². The van der Waals surface area contributed by atoms with Gasteiger partial charge in [-0.25, -0.2) is 4.98 Å². The Hall–Kier alpha value is -2.09. The van der Waals surface area contributed by atoms with E-state index in [9.17, 15) is 18.0 Å². The molecule has 1 fully saturated rings. The number of carbonyl (C=O) groups excluding carboxylic acids is 1. The molecule has 0 bridgehead atoms.